The van der Waals surface area contributed by atoms with E-state index < -0.39 is 0 Å². The molecule has 2 aromatic rings. The molecule has 0 unspecified atom stereocenters. The molecule has 116 valence electrons. The summed E-state index contributed by atoms with van der Waals surface area (Å²) in [5.74, 6) is 0.869. The highest BCUT2D eigenvalue weighted by molar-refractivity contribution is 5.93. The van der Waals surface area contributed by atoms with Gasteiger partial charge in [0.2, 0.25) is 6.41 Å². The van der Waals surface area contributed by atoms with Gasteiger partial charge in [0.1, 0.15) is 5.75 Å². The van der Waals surface area contributed by atoms with E-state index in [-0.39, 0.29) is 0 Å². The summed E-state index contributed by atoms with van der Waals surface area (Å²) in [5, 5.41) is 1.11. The second-order valence-corrected chi connectivity index (χ2v) is 5.52. The lowest BCUT2D eigenvalue weighted by atomic mass is 10.1. The lowest BCUT2D eigenvalue weighted by Gasteiger charge is -2.34. The maximum absolute atomic E-state index is 10.9. The Morgan fingerprint density at radius 1 is 1.23 bits per heavy atom. The predicted octanol–water partition coefficient (Wildman–Crippen LogP) is 2.22. The first-order valence-electron chi connectivity index (χ1n) is 7.69. The van der Waals surface area contributed by atoms with Gasteiger partial charge in [-0.3, -0.25) is 9.78 Å². The smallest absolute Gasteiger partial charge is 0.209 e. The number of aromatic nitrogens is 1. The molecule has 1 amide bonds. The minimum Gasteiger partial charge on any atom is -0.494 e. The molecular weight excluding hydrogens is 278 g/mol. The Balaban J connectivity index is 1.99. The van der Waals surface area contributed by atoms with Crippen LogP contribution in [0.3, 0.4) is 0 Å². The summed E-state index contributed by atoms with van der Waals surface area (Å²) in [5.41, 5.74) is 3.16. The molecule has 0 N–H and O–H groups in total. The minimum absolute atomic E-state index is 0.651. The van der Waals surface area contributed by atoms with Crippen LogP contribution in [-0.4, -0.2) is 49.1 Å². The van der Waals surface area contributed by atoms with Crippen molar-refractivity contribution in [2.45, 2.75) is 13.8 Å². The highest BCUT2D eigenvalue weighted by Gasteiger charge is 2.18. The van der Waals surface area contributed by atoms with Gasteiger partial charge in [-0.15, -0.1) is 0 Å². The normalized spacial score (nSPS) is 15.2. The van der Waals surface area contributed by atoms with E-state index >= 15 is 0 Å². The predicted molar refractivity (Wildman–Crippen MR) is 87.5 cm³/mol. The topological polar surface area (TPSA) is 45.7 Å². The fraction of sp³-hybridized carbons (Fsp3) is 0.412. The molecule has 5 heteroatoms. The van der Waals surface area contributed by atoms with Gasteiger partial charge in [-0.1, -0.05) is 0 Å². The number of nitrogens with zero attached hydrogens (tertiary/aromatic N) is 3. The van der Waals surface area contributed by atoms with Gasteiger partial charge < -0.3 is 14.5 Å². The van der Waals surface area contributed by atoms with Crippen LogP contribution in [0.5, 0.6) is 5.75 Å². The molecule has 5 nitrogen and oxygen atoms in total. The maximum atomic E-state index is 10.9. The Morgan fingerprint density at radius 3 is 2.68 bits per heavy atom. The number of pyridine rings is 1. The Morgan fingerprint density at radius 2 is 2.00 bits per heavy atom. The maximum Gasteiger partial charge on any atom is 0.209 e. The molecule has 1 fully saturated rings. The highest BCUT2D eigenvalue weighted by atomic mass is 16.5. The Hall–Kier alpha value is -2.30. The van der Waals surface area contributed by atoms with Crippen LogP contribution in [-0.2, 0) is 4.79 Å². The van der Waals surface area contributed by atoms with Gasteiger partial charge in [0.25, 0.3) is 0 Å². The SMILES string of the molecule is CCOc1ccc2nc(C)cc(N3CCN(C=O)CC3)c2c1. The second kappa shape index (κ2) is 6.22. The van der Waals surface area contributed by atoms with Crippen LogP contribution < -0.4 is 9.64 Å². The summed E-state index contributed by atoms with van der Waals surface area (Å²) < 4.78 is 5.62. The molecule has 1 aliphatic heterocycles. The number of hydrogen-bond acceptors (Lipinski definition) is 4. The molecule has 1 aromatic heterocycles. The zero-order chi connectivity index (χ0) is 15.5. The molecule has 0 spiro atoms. The molecule has 0 radical (unpaired) electrons. The van der Waals surface area contributed by atoms with Crippen molar-refractivity contribution in [3.05, 3.63) is 30.0 Å². The fourth-order valence-corrected chi connectivity index (χ4v) is 2.90. The third-order valence-electron chi connectivity index (χ3n) is 4.00. The third kappa shape index (κ3) is 2.84. The Labute approximate surface area is 130 Å². The van der Waals surface area contributed by atoms with Crippen LogP contribution in [0.4, 0.5) is 5.69 Å². The van der Waals surface area contributed by atoms with Crippen LogP contribution in [0.2, 0.25) is 0 Å². The summed E-state index contributed by atoms with van der Waals surface area (Å²) >= 11 is 0. The van der Waals surface area contributed by atoms with Crippen molar-refractivity contribution in [2.75, 3.05) is 37.7 Å². The van der Waals surface area contributed by atoms with Gasteiger partial charge in [-0.25, -0.2) is 0 Å². The van der Waals surface area contributed by atoms with E-state index in [1.807, 2.05) is 30.9 Å². The molecule has 1 aliphatic rings. The van der Waals surface area contributed by atoms with Crippen LogP contribution in [0.25, 0.3) is 10.9 Å². The standard InChI is InChI=1S/C17H21N3O2/c1-3-22-14-4-5-16-15(11-14)17(10-13(2)18-16)20-8-6-19(12-21)7-9-20/h4-5,10-12H,3,6-9H2,1-2H3. The molecule has 3 rings (SSSR count). The number of ether oxygens (including phenoxy) is 1. The molecule has 0 bridgehead atoms. The summed E-state index contributed by atoms with van der Waals surface area (Å²) in [4.78, 5) is 19.6. The van der Waals surface area contributed by atoms with E-state index in [0.29, 0.717) is 6.61 Å². The quantitative estimate of drug-likeness (QED) is 0.812. The van der Waals surface area contributed by atoms with E-state index in [9.17, 15) is 4.79 Å². The number of hydrogen-bond donors (Lipinski definition) is 0. The monoisotopic (exact) mass is 299 g/mol. The highest BCUT2D eigenvalue weighted by Crippen LogP contribution is 2.30. The first-order chi connectivity index (χ1) is 10.7. The van der Waals surface area contributed by atoms with Crippen molar-refractivity contribution in [2.24, 2.45) is 0 Å². The van der Waals surface area contributed by atoms with E-state index in [0.717, 1.165) is 54.9 Å². The molecule has 22 heavy (non-hydrogen) atoms. The average molecular weight is 299 g/mol. The number of piperazine rings is 1. The molecule has 1 aromatic carbocycles. The molecule has 1 saturated heterocycles. The van der Waals surface area contributed by atoms with E-state index in [2.05, 4.69) is 22.0 Å². The number of aryl methyl sites for hydroxylation is 1. The first kappa shape index (κ1) is 14.6. The summed E-state index contributed by atoms with van der Waals surface area (Å²) in [6.45, 7) is 7.86. The van der Waals surface area contributed by atoms with Gasteiger partial charge in [0, 0.05) is 42.9 Å². The average Bonchev–Trinajstić information content (AvgIpc) is 2.55. The molecule has 2 heterocycles. The zero-order valence-corrected chi connectivity index (χ0v) is 13.1. The van der Waals surface area contributed by atoms with E-state index in [1.54, 1.807) is 0 Å². The number of carbonyl (C=O) groups excluding carboxylic acids is 1. The van der Waals surface area contributed by atoms with Crippen LogP contribution in [0, 0.1) is 6.92 Å². The van der Waals surface area contributed by atoms with Crippen molar-refractivity contribution in [3.63, 3.8) is 0 Å². The van der Waals surface area contributed by atoms with Crippen molar-refractivity contribution >= 4 is 23.0 Å². The second-order valence-electron chi connectivity index (χ2n) is 5.52. The molecule has 0 aliphatic carbocycles. The number of anilines is 1. The number of benzene rings is 1. The van der Waals surface area contributed by atoms with Crippen LogP contribution in [0.1, 0.15) is 12.6 Å². The van der Waals surface area contributed by atoms with Crippen molar-refractivity contribution in [1.82, 2.24) is 9.88 Å². The van der Waals surface area contributed by atoms with Gasteiger partial charge in [-0.05, 0) is 38.1 Å². The van der Waals surface area contributed by atoms with Crippen LogP contribution >= 0.6 is 0 Å². The number of fused-ring (bicyclic) bond motifs is 1. The number of amides is 1. The molecule has 0 saturated carbocycles. The first-order valence-corrected chi connectivity index (χ1v) is 7.69. The minimum atomic E-state index is 0.651. The van der Waals surface area contributed by atoms with E-state index in [4.69, 9.17) is 4.74 Å². The summed E-state index contributed by atoms with van der Waals surface area (Å²) in [7, 11) is 0. The number of carbonyl (C=O) groups is 1. The molecule has 0 atom stereocenters. The van der Waals surface area contributed by atoms with Gasteiger partial charge in [-0.2, -0.15) is 0 Å². The van der Waals surface area contributed by atoms with Crippen molar-refractivity contribution < 1.29 is 9.53 Å². The summed E-state index contributed by atoms with van der Waals surface area (Å²) in [6.07, 6.45) is 0.931. The van der Waals surface area contributed by atoms with Gasteiger partial charge in [0.05, 0.1) is 12.1 Å². The van der Waals surface area contributed by atoms with Crippen molar-refractivity contribution in [3.8, 4) is 5.75 Å². The Bertz CT molecular complexity index is 679. The number of rotatable bonds is 4. The largest absolute Gasteiger partial charge is 0.494 e. The van der Waals surface area contributed by atoms with Gasteiger partial charge >= 0.3 is 0 Å². The molecular formula is C17H21N3O2. The third-order valence-corrected chi connectivity index (χ3v) is 4.00. The van der Waals surface area contributed by atoms with Crippen molar-refractivity contribution in [1.29, 1.82) is 0 Å². The van der Waals surface area contributed by atoms with Gasteiger partial charge in [0.15, 0.2) is 0 Å². The lowest BCUT2D eigenvalue weighted by molar-refractivity contribution is -0.118. The zero-order valence-electron chi connectivity index (χ0n) is 13.1. The Kier molecular flexibility index (Phi) is 4.13. The fourth-order valence-electron chi connectivity index (χ4n) is 2.90. The summed E-state index contributed by atoms with van der Waals surface area (Å²) in [6, 6.07) is 8.16. The van der Waals surface area contributed by atoms with Crippen LogP contribution in [0.15, 0.2) is 24.3 Å². The lowest BCUT2D eigenvalue weighted by Crippen LogP contribution is -2.45. The van der Waals surface area contributed by atoms with E-state index in [1.165, 1.54) is 5.69 Å².